The molecular formula is C20H12O7. The van der Waals surface area contributed by atoms with Crippen molar-refractivity contribution in [2.75, 3.05) is 13.9 Å². The third kappa shape index (κ3) is 1.90. The number of fused-ring (bicyclic) bond motifs is 7. The van der Waals surface area contributed by atoms with Crippen LogP contribution in [-0.4, -0.2) is 35.9 Å². The summed E-state index contributed by atoms with van der Waals surface area (Å²) in [5.41, 5.74) is 1.31. The first-order valence-electron chi connectivity index (χ1n) is 8.10. The zero-order chi connectivity index (χ0) is 18.9. The molecule has 0 aromatic heterocycles. The van der Waals surface area contributed by atoms with E-state index in [1.54, 1.807) is 18.2 Å². The fourth-order valence-corrected chi connectivity index (χ4v) is 3.74. The lowest BCUT2D eigenvalue weighted by Gasteiger charge is -2.12. The van der Waals surface area contributed by atoms with Gasteiger partial charge in [0.25, 0.3) is 0 Å². The van der Waals surface area contributed by atoms with Gasteiger partial charge in [-0.05, 0) is 35.2 Å². The molecule has 0 saturated heterocycles. The highest BCUT2D eigenvalue weighted by atomic mass is 16.7. The number of esters is 1. The molecule has 5 rings (SSSR count). The van der Waals surface area contributed by atoms with Gasteiger partial charge in [-0.2, -0.15) is 0 Å². The Balaban J connectivity index is 1.99. The van der Waals surface area contributed by atoms with Crippen molar-refractivity contribution in [3.05, 3.63) is 47.0 Å². The number of carbonyl (C=O) groups is 2. The summed E-state index contributed by atoms with van der Waals surface area (Å²) in [7, 11) is 1.24. The standard InChI is InChI=1S/C20H12O7/c1-25-20(24)11-4-8-2-3-14-19(27-7-26-14)15(8)16-9-5-12(21)13(22)6-10(9)18(23)17(11)16/h2-6,21-22H,7H2,1H3. The van der Waals surface area contributed by atoms with Crippen LogP contribution in [0.5, 0.6) is 23.0 Å². The van der Waals surface area contributed by atoms with Crippen molar-refractivity contribution in [1.82, 2.24) is 0 Å². The molecule has 0 spiro atoms. The van der Waals surface area contributed by atoms with Crippen molar-refractivity contribution in [3.63, 3.8) is 0 Å². The van der Waals surface area contributed by atoms with Crippen LogP contribution in [0, 0.1) is 0 Å². The molecule has 0 radical (unpaired) electrons. The average molecular weight is 364 g/mol. The van der Waals surface area contributed by atoms with Crippen LogP contribution >= 0.6 is 0 Å². The van der Waals surface area contributed by atoms with Crippen LogP contribution in [0.1, 0.15) is 26.3 Å². The van der Waals surface area contributed by atoms with Crippen molar-refractivity contribution in [1.29, 1.82) is 0 Å². The van der Waals surface area contributed by atoms with Crippen LogP contribution in [-0.2, 0) is 4.74 Å². The quantitative estimate of drug-likeness (QED) is 0.395. The van der Waals surface area contributed by atoms with Crippen molar-refractivity contribution in [2.24, 2.45) is 0 Å². The minimum atomic E-state index is -0.652. The summed E-state index contributed by atoms with van der Waals surface area (Å²) in [5, 5.41) is 21.1. The van der Waals surface area contributed by atoms with Gasteiger partial charge in [0.1, 0.15) is 0 Å². The Morgan fingerprint density at radius 3 is 2.52 bits per heavy atom. The Morgan fingerprint density at radius 1 is 1.04 bits per heavy atom. The molecule has 134 valence electrons. The minimum Gasteiger partial charge on any atom is -0.504 e. The smallest absolute Gasteiger partial charge is 0.338 e. The van der Waals surface area contributed by atoms with Crippen LogP contribution in [0.4, 0.5) is 0 Å². The average Bonchev–Trinajstić information content (AvgIpc) is 3.25. The summed E-state index contributed by atoms with van der Waals surface area (Å²) in [6.07, 6.45) is 0. The van der Waals surface area contributed by atoms with Crippen LogP contribution in [0.2, 0.25) is 0 Å². The first kappa shape index (κ1) is 15.5. The molecule has 0 fully saturated rings. The number of ether oxygens (including phenoxy) is 3. The van der Waals surface area contributed by atoms with Crippen LogP contribution in [0.25, 0.3) is 21.9 Å². The van der Waals surface area contributed by atoms with E-state index in [2.05, 4.69) is 0 Å². The molecular weight excluding hydrogens is 352 g/mol. The predicted molar refractivity (Wildman–Crippen MR) is 93.6 cm³/mol. The minimum absolute atomic E-state index is 0.0452. The van der Waals surface area contributed by atoms with Gasteiger partial charge in [0.05, 0.1) is 12.7 Å². The highest BCUT2D eigenvalue weighted by Gasteiger charge is 2.36. The number of rotatable bonds is 1. The van der Waals surface area contributed by atoms with E-state index in [4.69, 9.17) is 14.2 Å². The summed E-state index contributed by atoms with van der Waals surface area (Å²) in [6.45, 7) is 0.0452. The van der Waals surface area contributed by atoms with E-state index < -0.39 is 17.5 Å². The van der Waals surface area contributed by atoms with E-state index >= 15 is 0 Å². The monoisotopic (exact) mass is 364 g/mol. The zero-order valence-corrected chi connectivity index (χ0v) is 14.0. The van der Waals surface area contributed by atoms with Gasteiger partial charge >= 0.3 is 5.97 Å². The van der Waals surface area contributed by atoms with Crippen molar-refractivity contribution in [3.8, 4) is 34.1 Å². The second-order valence-electron chi connectivity index (χ2n) is 6.28. The molecule has 3 aromatic carbocycles. The maximum Gasteiger partial charge on any atom is 0.338 e. The van der Waals surface area contributed by atoms with E-state index in [9.17, 15) is 19.8 Å². The number of hydrogen-bond donors (Lipinski definition) is 2. The number of methoxy groups -OCH3 is 1. The summed E-state index contributed by atoms with van der Waals surface area (Å²) in [6, 6.07) is 7.57. The van der Waals surface area contributed by atoms with Gasteiger partial charge in [0.2, 0.25) is 6.79 Å². The molecule has 2 N–H and O–H groups in total. The fourth-order valence-electron chi connectivity index (χ4n) is 3.74. The van der Waals surface area contributed by atoms with E-state index in [0.29, 0.717) is 33.4 Å². The molecule has 0 amide bonds. The molecule has 3 aromatic rings. The normalized spacial score (nSPS) is 13.6. The van der Waals surface area contributed by atoms with E-state index in [-0.39, 0.29) is 29.2 Å². The number of carbonyl (C=O) groups excluding carboxylic acids is 2. The Hall–Kier alpha value is -3.74. The van der Waals surface area contributed by atoms with Gasteiger partial charge in [0.15, 0.2) is 28.8 Å². The second-order valence-corrected chi connectivity index (χ2v) is 6.28. The molecule has 0 unspecified atom stereocenters. The molecule has 1 heterocycles. The first-order chi connectivity index (χ1) is 13.0. The van der Waals surface area contributed by atoms with E-state index in [1.807, 2.05) is 0 Å². The molecule has 1 aliphatic carbocycles. The number of benzene rings is 3. The fraction of sp³-hybridized carbons (Fsp3) is 0.100. The first-order valence-corrected chi connectivity index (χ1v) is 8.10. The Bertz CT molecular complexity index is 1190. The van der Waals surface area contributed by atoms with Crippen LogP contribution in [0.3, 0.4) is 0 Å². The van der Waals surface area contributed by atoms with Gasteiger partial charge < -0.3 is 24.4 Å². The van der Waals surface area contributed by atoms with Crippen LogP contribution in [0.15, 0.2) is 30.3 Å². The third-order valence-electron chi connectivity index (χ3n) is 4.90. The van der Waals surface area contributed by atoms with E-state index in [1.165, 1.54) is 19.2 Å². The predicted octanol–water partition coefficient (Wildman–Crippen LogP) is 2.98. The third-order valence-corrected chi connectivity index (χ3v) is 4.90. The molecule has 2 aliphatic rings. The lowest BCUT2D eigenvalue weighted by molar-refractivity contribution is 0.0598. The Labute approximate surface area is 152 Å². The number of phenols is 2. The van der Waals surface area contributed by atoms with Gasteiger partial charge in [-0.3, -0.25) is 4.79 Å². The van der Waals surface area contributed by atoms with Gasteiger partial charge in [-0.25, -0.2) is 4.79 Å². The summed E-state index contributed by atoms with van der Waals surface area (Å²) in [5.74, 6) is -0.873. The number of ketones is 1. The van der Waals surface area contributed by atoms with Gasteiger partial charge in [0, 0.05) is 22.1 Å². The topological polar surface area (TPSA) is 102 Å². The van der Waals surface area contributed by atoms with Gasteiger partial charge in [-0.15, -0.1) is 0 Å². The van der Waals surface area contributed by atoms with Gasteiger partial charge in [-0.1, -0.05) is 6.07 Å². The maximum absolute atomic E-state index is 13.1. The SMILES string of the molecule is COC(=O)c1cc2ccc3c(c2c2c1C(=O)c1cc(O)c(O)cc1-2)OCO3. The Morgan fingerprint density at radius 2 is 1.78 bits per heavy atom. The highest BCUT2D eigenvalue weighted by Crippen LogP contribution is 2.51. The summed E-state index contributed by atoms with van der Waals surface area (Å²) in [4.78, 5) is 25.4. The maximum atomic E-state index is 13.1. The Kier molecular flexibility index (Phi) is 2.95. The molecule has 0 bridgehead atoms. The highest BCUT2D eigenvalue weighted by molar-refractivity contribution is 6.30. The molecule has 0 saturated carbocycles. The number of phenolic OH excluding ortho intramolecular Hbond substituents is 2. The molecule has 27 heavy (non-hydrogen) atoms. The molecule has 1 aliphatic heterocycles. The lowest BCUT2D eigenvalue weighted by atomic mass is 9.92. The van der Waals surface area contributed by atoms with Crippen molar-refractivity contribution < 1.29 is 34.0 Å². The lowest BCUT2D eigenvalue weighted by Crippen LogP contribution is -2.09. The summed E-state index contributed by atoms with van der Waals surface area (Å²) >= 11 is 0. The number of hydrogen-bond acceptors (Lipinski definition) is 7. The van der Waals surface area contributed by atoms with E-state index in [0.717, 1.165) is 0 Å². The second kappa shape index (κ2) is 5.14. The number of aromatic hydroxyl groups is 2. The molecule has 7 nitrogen and oxygen atoms in total. The molecule has 0 atom stereocenters. The van der Waals surface area contributed by atoms with Crippen molar-refractivity contribution >= 4 is 22.5 Å². The zero-order valence-electron chi connectivity index (χ0n) is 14.0. The summed E-state index contributed by atoms with van der Waals surface area (Å²) < 4.78 is 15.9. The van der Waals surface area contributed by atoms with Crippen LogP contribution < -0.4 is 9.47 Å². The largest absolute Gasteiger partial charge is 0.504 e. The van der Waals surface area contributed by atoms with Crippen molar-refractivity contribution in [2.45, 2.75) is 0 Å². The molecule has 7 heteroatoms.